The highest BCUT2D eigenvalue weighted by molar-refractivity contribution is 5.49. The van der Waals surface area contributed by atoms with E-state index in [0.717, 1.165) is 38.5 Å². The smallest absolute Gasteiger partial charge is 0.369 e. The highest BCUT2D eigenvalue weighted by Gasteiger charge is 2.31. The molecule has 106 valence electrons. The topological polar surface area (TPSA) is 15.3 Å². The molecule has 0 spiro atoms. The molecule has 1 atom stereocenters. The number of nitrogens with zero attached hydrogens (tertiary/aromatic N) is 1. The van der Waals surface area contributed by atoms with Crippen LogP contribution in [0, 0.1) is 0 Å². The van der Waals surface area contributed by atoms with Gasteiger partial charge in [-0.15, -0.1) is 0 Å². The molecule has 1 aromatic carbocycles. The van der Waals surface area contributed by atoms with Crippen molar-refractivity contribution in [2.45, 2.75) is 32.0 Å². The van der Waals surface area contributed by atoms with E-state index >= 15 is 0 Å². The molecule has 2 nitrogen and oxygen atoms in total. The largest absolute Gasteiger partial charge is 0.416 e. The number of nitrogens with one attached hydrogen (secondary N) is 1. The van der Waals surface area contributed by atoms with E-state index in [2.05, 4.69) is 12.2 Å². The number of alkyl halides is 3. The fourth-order valence-corrected chi connectivity index (χ4v) is 2.48. The van der Waals surface area contributed by atoms with Crippen molar-refractivity contribution in [2.75, 3.05) is 24.5 Å². The number of hydrogen-bond acceptors (Lipinski definition) is 2. The van der Waals surface area contributed by atoms with Crippen molar-refractivity contribution in [3.8, 4) is 0 Å². The average Bonchev–Trinajstić information content (AvgIpc) is 2.39. The molecule has 1 aliphatic rings. The third kappa shape index (κ3) is 3.62. The van der Waals surface area contributed by atoms with Crippen LogP contribution in [0.5, 0.6) is 0 Å². The van der Waals surface area contributed by atoms with Gasteiger partial charge in [-0.3, -0.25) is 0 Å². The van der Waals surface area contributed by atoms with Gasteiger partial charge in [0.2, 0.25) is 0 Å². The van der Waals surface area contributed by atoms with Crippen molar-refractivity contribution in [1.29, 1.82) is 0 Å². The molecule has 5 heteroatoms. The van der Waals surface area contributed by atoms with Gasteiger partial charge in [0, 0.05) is 31.4 Å². The molecule has 19 heavy (non-hydrogen) atoms. The van der Waals surface area contributed by atoms with Gasteiger partial charge in [-0.1, -0.05) is 19.4 Å². The Labute approximate surface area is 111 Å². The molecular weight excluding hydrogens is 253 g/mol. The number of piperazine rings is 1. The Hall–Kier alpha value is -1.23. The van der Waals surface area contributed by atoms with Crippen molar-refractivity contribution in [2.24, 2.45) is 0 Å². The van der Waals surface area contributed by atoms with E-state index in [1.165, 1.54) is 12.1 Å². The second-order valence-corrected chi connectivity index (χ2v) is 4.93. The first kappa shape index (κ1) is 14.2. The van der Waals surface area contributed by atoms with Crippen LogP contribution in [0.2, 0.25) is 0 Å². The Bertz CT molecular complexity index is 415. The summed E-state index contributed by atoms with van der Waals surface area (Å²) in [5, 5.41) is 3.40. The van der Waals surface area contributed by atoms with E-state index < -0.39 is 11.7 Å². The fraction of sp³-hybridized carbons (Fsp3) is 0.571. The van der Waals surface area contributed by atoms with E-state index in [4.69, 9.17) is 0 Å². The Morgan fingerprint density at radius 3 is 2.84 bits per heavy atom. The van der Waals surface area contributed by atoms with Gasteiger partial charge >= 0.3 is 6.18 Å². The highest BCUT2D eigenvalue weighted by atomic mass is 19.4. The van der Waals surface area contributed by atoms with Gasteiger partial charge < -0.3 is 10.2 Å². The summed E-state index contributed by atoms with van der Waals surface area (Å²) >= 11 is 0. The first-order valence-electron chi connectivity index (χ1n) is 6.66. The van der Waals surface area contributed by atoms with Gasteiger partial charge in [0.25, 0.3) is 0 Å². The van der Waals surface area contributed by atoms with Crippen LogP contribution < -0.4 is 10.2 Å². The van der Waals surface area contributed by atoms with Gasteiger partial charge in [-0.25, -0.2) is 0 Å². The summed E-state index contributed by atoms with van der Waals surface area (Å²) in [7, 11) is 0. The minimum Gasteiger partial charge on any atom is -0.369 e. The van der Waals surface area contributed by atoms with Crippen LogP contribution in [-0.4, -0.2) is 25.7 Å². The maximum atomic E-state index is 12.7. The molecular formula is C14H19F3N2. The molecule has 0 saturated carbocycles. The molecule has 0 aromatic heterocycles. The normalized spacial score (nSPS) is 20.6. The first-order valence-corrected chi connectivity index (χ1v) is 6.66. The van der Waals surface area contributed by atoms with Crippen LogP contribution in [0.15, 0.2) is 24.3 Å². The van der Waals surface area contributed by atoms with Crippen molar-refractivity contribution < 1.29 is 13.2 Å². The highest BCUT2D eigenvalue weighted by Crippen LogP contribution is 2.31. The molecule has 1 heterocycles. The molecule has 1 fully saturated rings. The van der Waals surface area contributed by atoms with Gasteiger partial charge in [0.05, 0.1) is 5.56 Å². The summed E-state index contributed by atoms with van der Waals surface area (Å²) in [5.41, 5.74) is 0.0907. The summed E-state index contributed by atoms with van der Waals surface area (Å²) in [6.45, 7) is 4.46. The van der Waals surface area contributed by atoms with E-state index in [1.807, 2.05) is 4.90 Å². The molecule has 0 unspecified atom stereocenters. The fourth-order valence-electron chi connectivity index (χ4n) is 2.48. The van der Waals surface area contributed by atoms with Crippen molar-refractivity contribution in [3.63, 3.8) is 0 Å². The van der Waals surface area contributed by atoms with Crippen LogP contribution in [-0.2, 0) is 6.18 Å². The molecule has 0 bridgehead atoms. The summed E-state index contributed by atoms with van der Waals surface area (Å²) in [6.07, 6.45) is -2.14. The molecule has 1 saturated heterocycles. The molecule has 1 aliphatic heterocycles. The van der Waals surface area contributed by atoms with Gasteiger partial charge in [-0.05, 0) is 24.6 Å². The van der Waals surface area contributed by atoms with E-state index in [-0.39, 0.29) is 0 Å². The SMILES string of the molecule is CCC[C@H]1CN(c2cccc(C(F)(F)F)c2)CCN1. The summed E-state index contributed by atoms with van der Waals surface area (Å²) in [4.78, 5) is 2.03. The average molecular weight is 272 g/mol. The number of rotatable bonds is 3. The van der Waals surface area contributed by atoms with Crippen LogP contribution in [0.1, 0.15) is 25.3 Å². The second kappa shape index (κ2) is 5.82. The summed E-state index contributed by atoms with van der Waals surface area (Å²) in [6, 6.07) is 5.97. The van der Waals surface area contributed by atoms with Gasteiger partial charge in [-0.2, -0.15) is 13.2 Å². The molecule has 1 N–H and O–H groups in total. The lowest BCUT2D eigenvalue weighted by atomic mass is 10.1. The molecule has 2 rings (SSSR count). The molecule has 1 aromatic rings. The Morgan fingerprint density at radius 2 is 2.16 bits per heavy atom. The Morgan fingerprint density at radius 1 is 1.37 bits per heavy atom. The summed E-state index contributed by atoms with van der Waals surface area (Å²) in [5.74, 6) is 0. The Balaban J connectivity index is 2.13. The van der Waals surface area contributed by atoms with E-state index in [1.54, 1.807) is 6.07 Å². The van der Waals surface area contributed by atoms with Gasteiger partial charge in [0.15, 0.2) is 0 Å². The number of benzene rings is 1. The number of hydrogen-bond donors (Lipinski definition) is 1. The minimum absolute atomic E-state index is 0.369. The quantitative estimate of drug-likeness (QED) is 0.908. The maximum Gasteiger partial charge on any atom is 0.416 e. The number of anilines is 1. The predicted molar refractivity (Wildman–Crippen MR) is 70.4 cm³/mol. The van der Waals surface area contributed by atoms with Crippen LogP contribution in [0.4, 0.5) is 18.9 Å². The van der Waals surface area contributed by atoms with Crippen LogP contribution >= 0.6 is 0 Å². The van der Waals surface area contributed by atoms with Crippen molar-refractivity contribution >= 4 is 5.69 Å². The zero-order valence-corrected chi connectivity index (χ0v) is 11.0. The van der Waals surface area contributed by atoms with E-state index in [9.17, 15) is 13.2 Å². The third-order valence-corrected chi connectivity index (χ3v) is 3.43. The first-order chi connectivity index (χ1) is 9.00. The van der Waals surface area contributed by atoms with E-state index in [0.29, 0.717) is 11.7 Å². The number of halogens is 3. The third-order valence-electron chi connectivity index (χ3n) is 3.43. The lowest BCUT2D eigenvalue weighted by Gasteiger charge is -2.35. The van der Waals surface area contributed by atoms with Crippen LogP contribution in [0.25, 0.3) is 0 Å². The maximum absolute atomic E-state index is 12.7. The standard InChI is InChI=1S/C14H19F3N2/c1-2-4-12-10-19(8-7-18-12)13-6-3-5-11(9-13)14(15,16)17/h3,5-6,9,12,18H,2,4,7-8,10H2,1H3/t12-/m0/s1. The monoisotopic (exact) mass is 272 g/mol. The predicted octanol–water partition coefficient (Wildman–Crippen LogP) is 3.28. The van der Waals surface area contributed by atoms with Crippen LogP contribution in [0.3, 0.4) is 0 Å². The van der Waals surface area contributed by atoms with Gasteiger partial charge in [0.1, 0.15) is 0 Å². The summed E-state index contributed by atoms with van der Waals surface area (Å²) < 4.78 is 38.1. The lowest BCUT2D eigenvalue weighted by molar-refractivity contribution is -0.137. The lowest BCUT2D eigenvalue weighted by Crippen LogP contribution is -2.50. The minimum atomic E-state index is -4.27. The molecule has 0 aliphatic carbocycles. The zero-order chi connectivity index (χ0) is 13.9. The van der Waals surface area contributed by atoms with Crippen molar-refractivity contribution in [3.05, 3.63) is 29.8 Å². The Kier molecular flexibility index (Phi) is 4.34. The molecule has 0 radical (unpaired) electrons. The van der Waals surface area contributed by atoms with Crippen molar-refractivity contribution in [1.82, 2.24) is 5.32 Å². The molecule has 0 amide bonds. The zero-order valence-electron chi connectivity index (χ0n) is 11.0. The second-order valence-electron chi connectivity index (χ2n) is 4.93.